The van der Waals surface area contributed by atoms with E-state index >= 15 is 0 Å². The SMILES string of the molecule is CC(=O)N[C@@H]1[C@@H](O)[C@@H](O)[C@@H](CO)O[C@@H]1SCCC(=O)NCCCCCN. The lowest BCUT2D eigenvalue weighted by Crippen LogP contribution is -2.63. The van der Waals surface area contributed by atoms with Gasteiger partial charge in [-0.2, -0.15) is 0 Å². The number of carbonyl (C=O) groups is 2. The summed E-state index contributed by atoms with van der Waals surface area (Å²) in [5.41, 5.74) is 4.74. The van der Waals surface area contributed by atoms with Crippen LogP contribution >= 0.6 is 11.8 Å². The van der Waals surface area contributed by atoms with Gasteiger partial charge in [0, 0.05) is 25.6 Å². The first kappa shape index (κ1) is 23.1. The minimum absolute atomic E-state index is 0.0866. The number of nitrogens with two attached hydrogens (primary N) is 1. The average molecular weight is 394 g/mol. The Bertz CT molecular complexity index is 442. The molecule has 0 spiro atoms. The number of amides is 2. The van der Waals surface area contributed by atoms with Crippen molar-refractivity contribution < 1.29 is 29.6 Å². The van der Waals surface area contributed by atoms with E-state index in [1.807, 2.05) is 0 Å². The van der Waals surface area contributed by atoms with Crippen molar-refractivity contribution in [1.29, 1.82) is 0 Å². The van der Waals surface area contributed by atoms with Gasteiger partial charge in [0.25, 0.3) is 0 Å². The number of nitrogens with one attached hydrogen (secondary N) is 2. The van der Waals surface area contributed by atoms with Gasteiger partial charge in [0.2, 0.25) is 11.8 Å². The molecule has 0 saturated carbocycles. The van der Waals surface area contributed by atoms with E-state index in [0.717, 1.165) is 19.3 Å². The van der Waals surface area contributed by atoms with Crippen LogP contribution in [-0.4, -0.2) is 82.4 Å². The second-order valence-corrected chi connectivity index (χ2v) is 7.46. The first-order valence-corrected chi connectivity index (χ1v) is 9.93. The van der Waals surface area contributed by atoms with Crippen LogP contribution in [0.4, 0.5) is 0 Å². The van der Waals surface area contributed by atoms with Crippen LogP contribution in [0.25, 0.3) is 0 Å². The molecule has 0 aromatic heterocycles. The van der Waals surface area contributed by atoms with Gasteiger partial charge in [-0.05, 0) is 19.4 Å². The fraction of sp³-hybridized carbons (Fsp3) is 0.875. The fourth-order valence-corrected chi connectivity index (χ4v) is 3.84. The second kappa shape index (κ2) is 12.5. The first-order valence-electron chi connectivity index (χ1n) is 8.88. The summed E-state index contributed by atoms with van der Waals surface area (Å²) in [4.78, 5) is 23.2. The van der Waals surface area contributed by atoms with Crippen LogP contribution < -0.4 is 16.4 Å². The molecular formula is C16H31N3O6S. The molecule has 0 aromatic carbocycles. The van der Waals surface area contributed by atoms with Crippen LogP contribution in [0, 0.1) is 0 Å². The number of hydrogen-bond donors (Lipinski definition) is 6. The lowest BCUT2D eigenvalue weighted by molar-refractivity contribution is -0.173. The quantitative estimate of drug-likeness (QED) is 0.227. The molecule has 7 N–H and O–H groups in total. The number of carbonyl (C=O) groups excluding carboxylic acids is 2. The molecule has 0 radical (unpaired) electrons. The highest BCUT2D eigenvalue weighted by atomic mass is 32.2. The Morgan fingerprint density at radius 3 is 2.54 bits per heavy atom. The summed E-state index contributed by atoms with van der Waals surface area (Å²) < 4.78 is 5.58. The van der Waals surface area contributed by atoms with Gasteiger partial charge in [0.1, 0.15) is 23.7 Å². The molecule has 1 rings (SSSR count). The van der Waals surface area contributed by atoms with Crippen LogP contribution in [0.15, 0.2) is 0 Å². The zero-order valence-corrected chi connectivity index (χ0v) is 15.9. The number of ether oxygens (including phenoxy) is 1. The van der Waals surface area contributed by atoms with Crippen LogP contribution in [-0.2, 0) is 14.3 Å². The summed E-state index contributed by atoms with van der Waals surface area (Å²) in [5, 5.41) is 34.8. The molecule has 0 aromatic rings. The Kier molecular flexibility index (Phi) is 11.1. The third-order valence-corrected chi connectivity index (χ3v) is 5.24. The van der Waals surface area contributed by atoms with Crippen molar-refractivity contribution in [3.05, 3.63) is 0 Å². The molecule has 1 fully saturated rings. The Morgan fingerprint density at radius 1 is 1.19 bits per heavy atom. The van der Waals surface area contributed by atoms with E-state index in [4.69, 9.17) is 10.5 Å². The molecule has 26 heavy (non-hydrogen) atoms. The molecule has 152 valence electrons. The summed E-state index contributed by atoms with van der Waals surface area (Å²) in [5.74, 6) is -0.0411. The number of aliphatic hydroxyl groups is 3. The van der Waals surface area contributed by atoms with Crippen LogP contribution in [0.5, 0.6) is 0 Å². The minimum Gasteiger partial charge on any atom is -0.394 e. The van der Waals surface area contributed by atoms with Gasteiger partial charge < -0.3 is 36.4 Å². The summed E-state index contributed by atoms with van der Waals surface area (Å²) in [6.07, 6.45) is -0.447. The standard InChI is InChI=1S/C16H31N3O6S/c1-10(21)19-13-15(24)14(23)11(9-20)25-16(13)26-8-5-12(22)18-7-4-2-3-6-17/h11,13-16,20,23-24H,2-9,17H2,1H3,(H,18,22)(H,19,21)/t11-,13-,14+,15-,16-/m1/s1. The normalized spacial score (nSPS) is 28.6. The molecule has 5 atom stereocenters. The zero-order chi connectivity index (χ0) is 19.5. The maximum Gasteiger partial charge on any atom is 0.220 e. The van der Waals surface area contributed by atoms with Crippen LogP contribution in [0.2, 0.25) is 0 Å². The van der Waals surface area contributed by atoms with E-state index in [0.29, 0.717) is 18.8 Å². The highest BCUT2D eigenvalue weighted by Crippen LogP contribution is 2.29. The molecule has 10 heteroatoms. The number of unbranched alkanes of at least 4 members (excludes halogenated alkanes) is 2. The van der Waals surface area contributed by atoms with Crippen molar-refractivity contribution in [3.8, 4) is 0 Å². The minimum atomic E-state index is -1.30. The number of aliphatic hydroxyl groups excluding tert-OH is 3. The molecular weight excluding hydrogens is 362 g/mol. The molecule has 9 nitrogen and oxygen atoms in total. The molecule has 1 saturated heterocycles. The lowest BCUT2D eigenvalue weighted by atomic mass is 9.98. The van der Waals surface area contributed by atoms with Crippen molar-refractivity contribution in [1.82, 2.24) is 10.6 Å². The Hall–Kier alpha value is -0.910. The van der Waals surface area contributed by atoms with Crippen molar-refractivity contribution in [2.24, 2.45) is 5.73 Å². The topological polar surface area (TPSA) is 154 Å². The predicted octanol–water partition coefficient (Wildman–Crippen LogP) is -1.70. The monoisotopic (exact) mass is 393 g/mol. The van der Waals surface area contributed by atoms with E-state index in [1.54, 1.807) is 0 Å². The predicted molar refractivity (Wildman–Crippen MR) is 98.4 cm³/mol. The van der Waals surface area contributed by atoms with Crippen LogP contribution in [0.1, 0.15) is 32.6 Å². The van der Waals surface area contributed by atoms with E-state index in [1.165, 1.54) is 18.7 Å². The largest absolute Gasteiger partial charge is 0.394 e. The van der Waals surface area contributed by atoms with Crippen molar-refractivity contribution >= 4 is 23.6 Å². The maximum absolute atomic E-state index is 11.8. The zero-order valence-electron chi connectivity index (χ0n) is 15.1. The summed E-state index contributed by atoms with van der Waals surface area (Å²) in [6.45, 7) is 2.11. The highest BCUT2D eigenvalue weighted by Gasteiger charge is 2.44. The number of rotatable bonds is 11. The van der Waals surface area contributed by atoms with Gasteiger partial charge in [-0.3, -0.25) is 9.59 Å². The Balaban J connectivity index is 2.43. The van der Waals surface area contributed by atoms with Gasteiger partial charge in [-0.15, -0.1) is 11.8 Å². The summed E-state index contributed by atoms with van der Waals surface area (Å²) in [6, 6.07) is -0.824. The molecule has 1 aliphatic rings. The Labute approximate surface area is 158 Å². The third-order valence-electron chi connectivity index (χ3n) is 4.07. The third kappa shape index (κ3) is 7.77. The van der Waals surface area contributed by atoms with Crippen LogP contribution in [0.3, 0.4) is 0 Å². The smallest absolute Gasteiger partial charge is 0.220 e. The van der Waals surface area contributed by atoms with E-state index in [2.05, 4.69) is 10.6 Å². The number of hydrogen-bond acceptors (Lipinski definition) is 8. The van der Waals surface area contributed by atoms with E-state index in [9.17, 15) is 24.9 Å². The first-order chi connectivity index (χ1) is 12.4. The highest BCUT2D eigenvalue weighted by molar-refractivity contribution is 7.99. The lowest BCUT2D eigenvalue weighted by Gasteiger charge is -2.42. The van der Waals surface area contributed by atoms with Gasteiger partial charge in [0.15, 0.2) is 0 Å². The molecule has 1 aliphatic heterocycles. The molecule has 1 heterocycles. The molecule has 0 bridgehead atoms. The average Bonchev–Trinajstić information content (AvgIpc) is 2.60. The fourth-order valence-electron chi connectivity index (χ4n) is 2.64. The van der Waals surface area contributed by atoms with Crippen molar-refractivity contribution in [3.63, 3.8) is 0 Å². The van der Waals surface area contributed by atoms with E-state index in [-0.39, 0.29) is 18.2 Å². The van der Waals surface area contributed by atoms with Crippen molar-refractivity contribution in [2.45, 2.75) is 62.4 Å². The second-order valence-electron chi connectivity index (χ2n) is 6.25. The summed E-state index contributed by atoms with van der Waals surface area (Å²) in [7, 11) is 0. The summed E-state index contributed by atoms with van der Waals surface area (Å²) >= 11 is 1.25. The molecule has 0 aliphatic carbocycles. The number of thioether (sulfide) groups is 1. The van der Waals surface area contributed by atoms with Gasteiger partial charge >= 0.3 is 0 Å². The van der Waals surface area contributed by atoms with E-state index < -0.39 is 36.4 Å². The van der Waals surface area contributed by atoms with Gasteiger partial charge in [-0.1, -0.05) is 6.42 Å². The van der Waals surface area contributed by atoms with Crippen molar-refractivity contribution in [2.75, 3.05) is 25.4 Å². The molecule has 0 unspecified atom stereocenters. The maximum atomic E-state index is 11.8. The molecule has 2 amide bonds. The van der Waals surface area contributed by atoms with Gasteiger partial charge in [0.05, 0.1) is 12.6 Å². The van der Waals surface area contributed by atoms with Gasteiger partial charge in [-0.25, -0.2) is 0 Å². The Morgan fingerprint density at radius 2 is 1.92 bits per heavy atom.